The van der Waals surface area contributed by atoms with Crippen molar-refractivity contribution in [2.75, 3.05) is 13.2 Å². The fraction of sp³-hybridized carbons (Fsp3) is 0.615. The lowest BCUT2D eigenvalue weighted by molar-refractivity contribution is -0.167. The number of ether oxygens (including phenoxy) is 3. The molecule has 0 heterocycles. The van der Waals surface area contributed by atoms with Gasteiger partial charge in [-0.1, -0.05) is 238 Å². The molecule has 0 aliphatic rings. The van der Waals surface area contributed by atoms with Crippen molar-refractivity contribution in [1.29, 1.82) is 0 Å². The highest BCUT2D eigenvalue weighted by molar-refractivity contribution is 5.71. The van der Waals surface area contributed by atoms with Crippen LogP contribution in [0, 0.1) is 0 Å². The number of carbonyl (C=O) groups excluding carboxylic acids is 3. The van der Waals surface area contributed by atoms with Crippen LogP contribution in [0.25, 0.3) is 0 Å². The monoisotopic (exact) mass is 981 g/mol. The van der Waals surface area contributed by atoms with Crippen molar-refractivity contribution in [3.8, 4) is 0 Å². The van der Waals surface area contributed by atoms with E-state index in [0.29, 0.717) is 19.3 Å². The number of unbranched alkanes of at least 4 members (excludes halogenated alkanes) is 17. The molecule has 6 heteroatoms. The molecule has 71 heavy (non-hydrogen) atoms. The summed E-state index contributed by atoms with van der Waals surface area (Å²) in [5.74, 6) is -0.963. The smallest absolute Gasteiger partial charge is 0.306 e. The number of rotatable bonds is 50. The Morgan fingerprint density at radius 3 is 0.887 bits per heavy atom. The molecule has 1 unspecified atom stereocenters. The number of allylic oxidation sites excluding steroid dienone is 22. The molecule has 1 atom stereocenters. The third kappa shape index (κ3) is 56.3. The second-order valence-corrected chi connectivity index (χ2v) is 18.4. The highest BCUT2D eigenvalue weighted by atomic mass is 16.6. The van der Waals surface area contributed by atoms with Gasteiger partial charge >= 0.3 is 17.9 Å². The quantitative estimate of drug-likeness (QED) is 0.0262. The van der Waals surface area contributed by atoms with Gasteiger partial charge < -0.3 is 14.2 Å². The minimum atomic E-state index is -0.806. The lowest BCUT2D eigenvalue weighted by Crippen LogP contribution is -2.30. The largest absolute Gasteiger partial charge is 0.462 e. The van der Waals surface area contributed by atoms with Crippen LogP contribution in [-0.2, 0) is 28.6 Å². The summed E-state index contributed by atoms with van der Waals surface area (Å²) in [6, 6.07) is 0. The zero-order chi connectivity index (χ0) is 51.4. The third-order valence-corrected chi connectivity index (χ3v) is 11.7. The van der Waals surface area contributed by atoms with E-state index in [1.165, 1.54) is 64.2 Å². The topological polar surface area (TPSA) is 78.9 Å². The van der Waals surface area contributed by atoms with Gasteiger partial charge in [0.25, 0.3) is 0 Å². The molecule has 0 aromatic rings. The van der Waals surface area contributed by atoms with Crippen LogP contribution < -0.4 is 0 Å². The first kappa shape index (κ1) is 66.6. The van der Waals surface area contributed by atoms with Crippen molar-refractivity contribution >= 4 is 17.9 Å². The summed E-state index contributed by atoms with van der Waals surface area (Å²) in [4.78, 5) is 38.0. The van der Waals surface area contributed by atoms with Crippen LogP contribution in [0.2, 0.25) is 0 Å². The molecule has 0 amide bonds. The Morgan fingerprint density at radius 2 is 0.549 bits per heavy atom. The molecule has 6 nitrogen and oxygen atoms in total. The molecule has 0 saturated carbocycles. The molecule has 0 aliphatic carbocycles. The summed E-state index contributed by atoms with van der Waals surface area (Å²) in [5, 5.41) is 0. The van der Waals surface area contributed by atoms with Crippen molar-refractivity contribution in [1.82, 2.24) is 0 Å². The third-order valence-electron chi connectivity index (χ3n) is 11.7. The molecule has 0 saturated heterocycles. The van der Waals surface area contributed by atoms with Crippen LogP contribution in [0.5, 0.6) is 0 Å². The molecule has 0 fully saturated rings. The van der Waals surface area contributed by atoms with E-state index in [4.69, 9.17) is 14.2 Å². The van der Waals surface area contributed by atoms with E-state index >= 15 is 0 Å². The first-order chi connectivity index (χ1) is 35.0. The summed E-state index contributed by atoms with van der Waals surface area (Å²) >= 11 is 0. The van der Waals surface area contributed by atoms with E-state index in [1.807, 2.05) is 0 Å². The number of hydrogen-bond acceptors (Lipinski definition) is 6. The molecule has 0 rings (SSSR count). The maximum absolute atomic E-state index is 12.8. The standard InChI is InChI=1S/C65H104O6/c1-4-7-10-13-16-19-21-23-25-26-27-28-29-30-31-32-33-34-35-36-37-38-40-41-43-46-49-52-55-58-64(67)70-61-62(60-69-63(66)57-54-51-48-45-18-15-12-9-6-3)71-65(68)59-56-53-50-47-44-42-39-24-22-20-17-14-11-8-5-2/h7-8,10-11,16-17,19-20,23-25,27-28,30-31,33-34,36-37,39,44,47,62H,4-6,9,12-15,18,21-22,26,29,32,35,38,40-43,45-46,48-61H2,1-3H3/b10-7-,11-8-,19-16-,20-17-,25-23-,28-27-,31-30-,34-33-,37-36-,39-24-,47-44-. The minimum absolute atomic E-state index is 0.101. The van der Waals surface area contributed by atoms with Crippen molar-refractivity contribution in [2.24, 2.45) is 0 Å². The van der Waals surface area contributed by atoms with Gasteiger partial charge in [-0.05, 0) is 116 Å². The summed E-state index contributed by atoms with van der Waals surface area (Å²) in [6.45, 7) is 6.33. The van der Waals surface area contributed by atoms with Gasteiger partial charge in [-0.2, -0.15) is 0 Å². The van der Waals surface area contributed by atoms with E-state index < -0.39 is 6.10 Å². The zero-order valence-corrected chi connectivity index (χ0v) is 45.7. The summed E-state index contributed by atoms with van der Waals surface area (Å²) in [6.07, 6.45) is 81.7. The Balaban J connectivity index is 4.30. The number of hydrogen-bond donors (Lipinski definition) is 0. The molecule has 0 aromatic carbocycles. The first-order valence-corrected chi connectivity index (χ1v) is 28.7. The Kier molecular flexibility index (Phi) is 54.5. The van der Waals surface area contributed by atoms with Crippen LogP contribution in [0.4, 0.5) is 0 Å². The molecule has 0 radical (unpaired) electrons. The Morgan fingerprint density at radius 1 is 0.296 bits per heavy atom. The van der Waals surface area contributed by atoms with Crippen LogP contribution in [0.1, 0.15) is 239 Å². The van der Waals surface area contributed by atoms with Gasteiger partial charge in [0.2, 0.25) is 0 Å². The summed E-state index contributed by atoms with van der Waals surface area (Å²) in [7, 11) is 0. The van der Waals surface area contributed by atoms with Crippen molar-refractivity contribution in [3.63, 3.8) is 0 Å². The summed E-state index contributed by atoms with van der Waals surface area (Å²) in [5.41, 5.74) is 0. The average Bonchev–Trinajstić information content (AvgIpc) is 3.37. The van der Waals surface area contributed by atoms with Gasteiger partial charge in [0.1, 0.15) is 13.2 Å². The molecular formula is C65H104O6. The Hall–Kier alpha value is -4.45. The summed E-state index contributed by atoms with van der Waals surface area (Å²) < 4.78 is 16.8. The Bertz CT molecular complexity index is 1550. The molecule has 0 aliphatic heterocycles. The first-order valence-electron chi connectivity index (χ1n) is 28.7. The van der Waals surface area contributed by atoms with E-state index in [0.717, 1.165) is 128 Å². The lowest BCUT2D eigenvalue weighted by atomic mass is 10.1. The van der Waals surface area contributed by atoms with E-state index in [9.17, 15) is 14.4 Å². The predicted octanol–water partition coefficient (Wildman–Crippen LogP) is 19.4. The van der Waals surface area contributed by atoms with Crippen LogP contribution >= 0.6 is 0 Å². The van der Waals surface area contributed by atoms with Gasteiger partial charge in [-0.15, -0.1) is 0 Å². The number of carbonyl (C=O) groups is 3. The highest BCUT2D eigenvalue weighted by Gasteiger charge is 2.19. The fourth-order valence-electron chi connectivity index (χ4n) is 7.41. The molecular weight excluding hydrogens is 877 g/mol. The fourth-order valence-corrected chi connectivity index (χ4v) is 7.41. The second-order valence-electron chi connectivity index (χ2n) is 18.4. The lowest BCUT2D eigenvalue weighted by Gasteiger charge is -2.18. The van der Waals surface area contributed by atoms with Crippen molar-refractivity contribution in [2.45, 2.75) is 245 Å². The molecule has 400 valence electrons. The van der Waals surface area contributed by atoms with Crippen LogP contribution in [0.3, 0.4) is 0 Å². The van der Waals surface area contributed by atoms with E-state index in [2.05, 4.69) is 154 Å². The SMILES string of the molecule is CC/C=C\C/C=C\C/C=C\C/C=C\C/C=C\C/C=C\C/C=C\CCCCCCCCCC(=O)OCC(COC(=O)CCCCCCCCCCC)OC(=O)CCCC/C=C\C/C=C\C/C=C\C/C=C\CC. The van der Waals surface area contributed by atoms with Crippen molar-refractivity contribution in [3.05, 3.63) is 134 Å². The maximum atomic E-state index is 12.8. The van der Waals surface area contributed by atoms with Gasteiger partial charge in [0.15, 0.2) is 6.10 Å². The van der Waals surface area contributed by atoms with E-state index in [1.54, 1.807) is 0 Å². The van der Waals surface area contributed by atoms with Crippen molar-refractivity contribution < 1.29 is 28.6 Å². The highest BCUT2D eigenvalue weighted by Crippen LogP contribution is 2.14. The van der Waals surface area contributed by atoms with Gasteiger partial charge in [-0.25, -0.2) is 0 Å². The molecule has 0 N–H and O–H groups in total. The van der Waals surface area contributed by atoms with Gasteiger partial charge in [-0.3, -0.25) is 14.4 Å². The normalized spacial score (nSPS) is 13.1. The van der Waals surface area contributed by atoms with E-state index in [-0.39, 0.29) is 37.5 Å². The number of esters is 3. The molecule has 0 spiro atoms. The van der Waals surface area contributed by atoms with Crippen LogP contribution in [0.15, 0.2) is 134 Å². The second kappa shape index (κ2) is 58.1. The average molecular weight is 982 g/mol. The van der Waals surface area contributed by atoms with Gasteiger partial charge in [0, 0.05) is 19.3 Å². The predicted molar refractivity (Wildman–Crippen MR) is 306 cm³/mol. The van der Waals surface area contributed by atoms with Crippen LogP contribution in [-0.4, -0.2) is 37.2 Å². The maximum Gasteiger partial charge on any atom is 0.306 e. The molecule has 0 aromatic heterocycles. The minimum Gasteiger partial charge on any atom is -0.462 e. The molecule has 0 bridgehead atoms. The Labute approximate surface area is 436 Å². The van der Waals surface area contributed by atoms with Gasteiger partial charge in [0.05, 0.1) is 0 Å². The zero-order valence-electron chi connectivity index (χ0n) is 45.7.